The summed E-state index contributed by atoms with van der Waals surface area (Å²) in [5, 5.41) is 3.63. The minimum Gasteiger partial charge on any atom is -0.459 e. The number of rotatable bonds is 26. The van der Waals surface area contributed by atoms with Gasteiger partial charge in [-0.1, -0.05) is 182 Å². The van der Waals surface area contributed by atoms with E-state index in [-0.39, 0.29) is 100 Å². The lowest BCUT2D eigenvalue weighted by Gasteiger charge is -2.37. The largest absolute Gasteiger partial charge is 0.459 e. The van der Waals surface area contributed by atoms with E-state index >= 15 is 0 Å². The molecule has 6 fully saturated rings. The van der Waals surface area contributed by atoms with Crippen LogP contribution in [0.5, 0.6) is 0 Å². The minimum absolute atomic E-state index is 0.00916. The predicted molar refractivity (Wildman–Crippen MR) is 533 cm³/mol. The van der Waals surface area contributed by atoms with E-state index in [9.17, 15) is 47.9 Å². The highest BCUT2D eigenvalue weighted by Crippen LogP contribution is 2.43. The van der Waals surface area contributed by atoms with Gasteiger partial charge in [-0.05, 0) is 265 Å². The highest BCUT2D eigenvalue weighted by Gasteiger charge is 2.58. The first-order valence-electron chi connectivity index (χ1n) is 48.2. The second-order valence-corrected chi connectivity index (χ2v) is 42.9. The fourth-order valence-corrected chi connectivity index (χ4v) is 16.3. The molecule has 10 atom stereocenters. The van der Waals surface area contributed by atoms with Gasteiger partial charge in [-0.25, -0.2) is 47.9 Å². The average molecular weight is 1950 g/mol. The molecule has 5 amide bonds. The number of ether oxygens (including phenoxy) is 10. The molecule has 6 saturated heterocycles. The summed E-state index contributed by atoms with van der Waals surface area (Å²) < 4.78 is 67.5. The number of likely N-dealkylation sites (tertiary alicyclic amines) is 5. The normalized spacial score (nSPS) is 22.0. The molecule has 770 valence electrons. The Balaban J connectivity index is 0.000000241. The third kappa shape index (κ3) is 36.0. The fourth-order valence-electron chi connectivity index (χ4n) is 16.3. The maximum atomic E-state index is 13.9. The van der Waals surface area contributed by atoms with Crippen LogP contribution < -0.4 is 5.73 Å². The van der Waals surface area contributed by atoms with Crippen molar-refractivity contribution in [3.05, 3.63) is 202 Å². The molecular weight excluding hydrogens is 1790 g/mol. The van der Waals surface area contributed by atoms with Crippen LogP contribution >= 0.6 is 0 Å². The lowest BCUT2D eigenvalue weighted by molar-refractivity contribution is -0.158. The van der Waals surface area contributed by atoms with Crippen molar-refractivity contribution in [3.8, 4) is 0 Å². The second kappa shape index (κ2) is 51.4. The quantitative estimate of drug-likeness (QED) is 0.00785. The summed E-state index contributed by atoms with van der Waals surface area (Å²) in [6.07, 6.45) is 6.42. The smallest absolute Gasteiger partial charge is 0.457 e. The Morgan fingerprint density at radius 3 is 1.07 bits per heavy atom. The van der Waals surface area contributed by atoms with Crippen molar-refractivity contribution in [3.63, 3.8) is 0 Å². The topological polar surface area (TPSA) is 382 Å². The predicted octanol–water partition coefficient (Wildman–Crippen LogP) is 17.5. The van der Waals surface area contributed by atoms with Crippen LogP contribution in [0.4, 0.5) is 24.0 Å². The van der Waals surface area contributed by atoms with Crippen molar-refractivity contribution in [1.29, 1.82) is 0 Å². The SMILES string of the molecule is CC(C)(C)OC(=O)N1C[C@H](N)C[C@@H]1C(=O)OCc1ccccc1.CC(C)(C)OC(=O)N1C[C@H](N=[N+]=[N-])C[C@@H]1C(=O)OCc1ccccc1.CC=CCC1(C(=O)OCc2ccccc2)C[C@@H](N(C)C)CN1C(=O)OC(C)(C)C.CN(C)[C@@H]1C[C@H](C(=O)OCc2ccccc2)N(C(=O)OC(C)(C)C)C1.CN(C)[C@H]1CN(C(=O)OC(C)(C)C)C(CCCCB2OC(C)(C)C(C)(C)O2)(C(=O)OCc2ccccc2)C1. The second-order valence-electron chi connectivity index (χ2n) is 42.9. The Labute approximate surface area is 829 Å². The summed E-state index contributed by atoms with van der Waals surface area (Å²) in [5.74, 6) is -2.15. The van der Waals surface area contributed by atoms with Crippen LogP contribution in [0.15, 0.2) is 169 Å². The van der Waals surface area contributed by atoms with Crippen molar-refractivity contribution in [2.75, 3.05) is 75.0 Å². The van der Waals surface area contributed by atoms with E-state index in [2.05, 4.69) is 14.9 Å². The van der Waals surface area contributed by atoms with E-state index in [1.807, 2.05) is 313 Å². The number of likely N-dealkylation sites (N-methyl/N-ethyl adjacent to an activating group) is 3. The van der Waals surface area contributed by atoms with Crippen molar-refractivity contribution in [2.24, 2.45) is 10.8 Å². The fraction of sp³-hybridized carbons (Fsp3) is 0.600. The van der Waals surface area contributed by atoms with Crippen LogP contribution in [0, 0.1) is 0 Å². The summed E-state index contributed by atoms with van der Waals surface area (Å²) in [5.41, 5.74) is 12.8. The van der Waals surface area contributed by atoms with Crippen molar-refractivity contribution in [1.82, 2.24) is 39.2 Å². The summed E-state index contributed by atoms with van der Waals surface area (Å²) in [7, 11) is 11.5. The van der Waals surface area contributed by atoms with Crippen molar-refractivity contribution < 1.29 is 105 Å². The lowest BCUT2D eigenvalue weighted by atomic mass is 9.80. The molecule has 0 aliphatic carbocycles. The van der Waals surface area contributed by atoms with Gasteiger partial charge in [-0.15, -0.1) is 0 Å². The van der Waals surface area contributed by atoms with Gasteiger partial charge in [0.2, 0.25) is 0 Å². The highest BCUT2D eigenvalue weighted by molar-refractivity contribution is 6.45. The van der Waals surface area contributed by atoms with E-state index in [4.69, 9.17) is 67.9 Å². The molecular formula is C105H155BN12O22. The zero-order valence-corrected chi connectivity index (χ0v) is 87.4. The first-order chi connectivity index (χ1) is 65.4. The zero-order chi connectivity index (χ0) is 104. The maximum absolute atomic E-state index is 13.9. The Kier molecular flexibility index (Phi) is 42.4. The van der Waals surface area contributed by atoms with Crippen LogP contribution in [0.1, 0.15) is 224 Å². The standard InChI is InChI=1S/C29H47BN2O6.C23H34N2O4.C19H28N2O4.C17H22N4O4.C17H24N2O4/c1-26(2,3)36-25(34)32-20-23(31(8)9)19-29(32,24(33)35-21-22-15-11-10-12-16-22)17-13-14-18-30-37-27(4,5)28(6,7)38-30;1-7-8-14-23(20(26)28-17-18-12-10-9-11-13-18)15-19(24(5)6)16-25(23)21(27)29-22(2,3)4;1-19(2,3)25-18(23)21-12-15(20(4)5)11-16(21)17(22)24-13-14-9-7-6-8-10-14;1-17(2,3)25-16(23)21-10-13(19-20-18)9-14(21)15(22)24-11-12-7-5-4-6-8-12;1-17(2,3)23-16(21)19-10-13(18)9-14(19)15(20)22-11-12-7-5-4-6-8-12/h10-12,15-16,23H,13-14,17-21H2,1-9H3;7-13,19H,14-17H2,1-6H3;6-10,15-16H,11-13H2,1-5H3;4-8,13-14H,9-11H2,1-3H3;4-8,13-14H,9-11,18H2,1-3H3/t23-,29?;19-,23?;15-,16-;2*13-,14-/m11111/s1. The summed E-state index contributed by atoms with van der Waals surface area (Å²) >= 11 is 0. The van der Waals surface area contributed by atoms with Gasteiger partial charge in [-0.3, -0.25) is 24.5 Å². The van der Waals surface area contributed by atoms with Gasteiger partial charge in [-0.2, -0.15) is 0 Å². The monoisotopic (exact) mass is 1950 g/mol. The molecule has 140 heavy (non-hydrogen) atoms. The van der Waals surface area contributed by atoms with Gasteiger partial charge in [0.25, 0.3) is 0 Å². The van der Waals surface area contributed by atoms with Crippen LogP contribution in [0.3, 0.4) is 0 Å². The molecule has 5 aromatic rings. The molecule has 0 saturated carbocycles. The Morgan fingerprint density at radius 1 is 0.421 bits per heavy atom. The van der Waals surface area contributed by atoms with Gasteiger partial charge in [0.05, 0.1) is 17.2 Å². The van der Waals surface area contributed by atoms with E-state index in [0.717, 1.165) is 34.2 Å². The number of nitrogens with two attached hydrogens (primary N) is 1. The molecule has 34 nitrogen and oxygen atoms in total. The number of esters is 5. The van der Waals surface area contributed by atoms with Gasteiger partial charge in [0, 0.05) is 61.8 Å². The summed E-state index contributed by atoms with van der Waals surface area (Å²) in [6, 6.07) is 44.6. The molecule has 11 rings (SSSR count). The average Bonchev–Trinajstić information content (AvgIpc) is 1.60. The first-order valence-corrected chi connectivity index (χ1v) is 48.2. The van der Waals surface area contributed by atoms with Crippen molar-refractivity contribution >= 4 is 67.4 Å². The van der Waals surface area contributed by atoms with Crippen molar-refractivity contribution in [2.45, 2.75) is 334 Å². The van der Waals surface area contributed by atoms with Gasteiger partial charge >= 0.3 is 67.4 Å². The lowest BCUT2D eigenvalue weighted by Crippen LogP contribution is -2.55. The van der Waals surface area contributed by atoms with Gasteiger partial charge in [0.1, 0.15) is 90.2 Å². The van der Waals surface area contributed by atoms with E-state index in [1.165, 1.54) is 14.7 Å². The van der Waals surface area contributed by atoms with Gasteiger partial charge in [0.15, 0.2) is 0 Å². The van der Waals surface area contributed by atoms with Crippen LogP contribution in [-0.4, -0.2) is 280 Å². The summed E-state index contributed by atoms with van der Waals surface area (Å²) in [4.78, 5) is 144. The highest BCUT2D eigenvalue weighted by atomic mass is 16.7. The number of nitrogens with zero attached hydrogens (tertiary/aromatic N) is 11. The minimum atomic E-state index is -1.11. The molecule has 5 aromatic carbocycles. The number of amides is 5. The molecule has 2 N–H and O–H groups in total. The van der Waals surface area contributed by atoms with Crippen LogP contribution in [-0.2, 0) is 114 Å². The molecule has 0 bridgehead atoms. The molecule has 0 aromatic heterocycles. The number of hydrogen-bond acceptors (Lipinski definition) is 27. The van der Waals surface area contributed by atoms with Crippen LogP contribution in [0.2, 0.25) is 6.32 Å². The molecule has 6 heterocycles. The number of azide groups is 1. The Morgan fingerprint density at radius 2 is 0.729 bits per heavy atom. The molecule has 0 radical (unpaired) electrons. The third-order valence-corrected chi connectivity index (χ3v) is 24.3. The Hall–Kier alpha value is -11.3. The van der Waals surface area contributed by atoms with E-state index in [0.29, 0.717) is 77.4 Å². The third-order valence-electron chi connectivity index (χ3n) is 24.3. The number of unbranched alkanes of at least 4 members (excludes halogenated alkanes) is 1. The Bertz CT molecular complexity index is 4890. The van der Waals surface area contributed by atoms with Gasteiger partial charge < -0.3 is 77.1 Å². The number of hydrogen-bond donors (Lipinski definition) is 1. The van der Waals surface area contributed by atoms with Crippen LogP contribution in [0.25, 0.3) is 10.4 Å². The zero-order valence-electron chi connectivity index (χ0n) is 87.4. The number of benzene rings is 5. The summed E-state index contributed by atoms with van der Waals surface area (Å²) in [6.45, 7) is 39.6. The number of carbonyl (C=O) groups is 10. The molecule has 6 aliphatic rings. The van der Waals surface area contributed by atoms with E-state index in [1.54, 1.807) is 51.3 Å². The maximum Gasteiger partial charge on any atom is 0.457 e. The number of carbonyl (C=O) groups excluding carboxylic acids is 10. The molecule has 2 unspecified atom stereocenters. The number of allylic oxidation sites excluding steroid dienone is 1. The van der Waals surface area contributed by atoms with E-state index < -0.39 is 112 Å². The molecule has 35 heteroatoms. The molecule has 6 aliphatic heterocycles. The first kappa shape index (κ1) is 116. The molecule has 0 spiro atoms.